The Morgan fingerprint density at radius 3 is 2.67 bits per heavy atom. The zero-order valence-corrected chi connectivity index (χ0v) is 6.29. The van der Waals surface area contributed by atoms with Gasteiger partial charge in [0.2, 0.25) is 0 Å². The Hall–Kier alpha value is -0.350. The van der Waals surface area contributed by atoms with Crippen LogP contribution in [0.3, 0.4) is 0 Å². The van der Waals surface area contributed by atoms with Gasteiger partial charge < -0.3 is 15.8 Å². The molecule has 4 heteroatoms. The van der Waals surface area contributed by atoms with Gasteiger partial charge in [-0.3, -0.25) is 0 Å². The van der Waals surface area contributed by atoms with Gasteiger partial charge in [-0.05, 0) is 18.7 Å². The van der Waals surface area contributed by atoms with Crippen LogP contribution < -0.4 is 11.1 Å². The van der Waals surface area contributed by atoms with Crippen LogP contribution in [-0.2, 0) is 4.74 Å². The molecular weight excluding hydrogens is 136 g/mol. The van der Waals surface area contributed by atoms with Crippen LogP contribution in [0.4, 0.5) is 0 Å². The highest BCUT2D eigenvalue weighted by Gasteiger charge is 2.17. The molecule has 0 radical (unpaired) electrons. The Labute approximate surface area is 58.6 Å². The molecule has 0 aromatic rings. The topological polar surface area (TPSA) is 47.3 Å². The van der Waals surface area contributed by atoms with Crippen molar-refractivity contribution in [2.75, 3.05) is 7.11 Å². The lowest BCUT2D eigenvalue weighted by Gasteiger charge is -2.00. The second-order valence-electron chi connectivity index (χ2n) is 1.80. The molecule has 0 aromatic carbocycles. The molecule has 1 atom stereocenters. The molecule has 1 aliphatic rings. The van der Waals surface area contributed by atoms with Crippen LogP contribution in [0.2, 0.25) is 0 Å². The quantitative estimate of drug-likeness (QED) is 0.562. The number of ether oxygens (including phenoxy) is 1. The van der Waals surface area contributed by atoms with Gasteiger partial charge in [0.05, 0.1) is 12.8 Å². The summed E-state index contributed by atoms with van der Waals surface area (Å²) in [7, 11) is 1.64. The number of hydrogen-bond acceptors (Lipinski definition) is 4. The number of hydrogen-bond donors (Lipinski definition) is 2. The van der Waals surface area contributed by atoms with E-state index in [1.165, 1.54) is 11.8 Å². The summed E-state index contributed by atoms with van der Waals surface area (Å²) in [5.41, 5.74) is 6.52. The van der Waals surface area contributed by atoms with E-state index in [4.69, 9.17) is 10.5 Å². The number of allylic oxidation sites excluding steroid dienone is 1. The molecule has 0 amide bonds. The second-order valence-corrected chi connectivity index (χ2v) is 2.91. The fraction of sp³-hybridized carbons (Fsp3) is 0.600. The first-order valence-corrected chi connectivity index (χ1v) is 3.55. The highest BCUT2D eigenvalue weighted by molar-refractivity contribution is 8.03. The number of thioether (sulfide) groups is 1. The zero-order chi connectivity index (χ0) is 6.85. The Kier molecular flexibility index (Phi) is 1.87. The molecule has 0 saturated heterocycles. The average Bonchev–Trinajstić information content (AvgIpc) is 2.10. The third-order valence-electron chi connectivity index (χ3n) is 1.08. The summed E-state index contributed by atoms with van der Waals surface area (Å²) in [6, 6.07) is 0. The van der Waals surface area contributed by atoms with Crippen molar-refractivity contribution in [3.05, 3.63) is 10.8 Å². The standard InChI is InChI=1S/C5H10N2OS/c1-3-4(8-2)9-5(6)7-3/h5,7H,6H2,1-2H3. The SMILES string of the molecule is COC1=C(C)NC(N)S1. The molecular formula is C5H10N2OS. The Morgan fingerprint density at radius 1 is 1.78 bits per heavy atom. The fourth-order valence-corrected chi connectivity index (χ4v) is 1.50. The van der Waals surface area contributed by atoms with E-state index in [9.17, 15) is 0 Å². The van der Waals surface area contributed by atoms with Gasteiger partial charge >= 0.3 is 0 Å². The molecule has 0 bridgehead atoms. The van der Waals surface area contributed by atoms with Gasteiger partial charge in [0.25, 0.3) is 0 Å². The van der Waals surface area contributed by atoms with Crippen molar-refractivity contribution in [1.29, 1.82) is 0 Å². The number of nitrogens with two attached hydrogens (primary N) is 1. The zero-order valence-electron chi connectivity index (χ0n) is 5.47. The highest BCUT2D eigenvalue weighted by Crippen LogP contribution is 2.26. The maximum absolute atomic E-state index is 5.52. The first-order chi connectivity index (χ1) is 4.24. The van der Waals surface area contributed by atoms with Crippen molar-refractivity contribution in [2.45, 2.75) is 12.4 Å². The number of rotatable bonds is 1. The number of methoxy groups -OCH3 is 1. The Balaban J connectivity index is 2.58. The summed E-state index contributed by atoms with van der Waals surface area (Å²) < 4.78 is 4.99. The van der Waals surface area contributed by atoms with Gasteiger partial charge in [-0.15, -0.1) is 0 Å². The maximum Gasteiger partial charge on any atom is 0.174 e. The van der Waals surface area contributed by atoms with Crippen molar-refractivity contribution in [3.63, 3.8) is 0 Å². The molecule has 52 valence electrons. The summed E-state index contributed by atoms with van der Waals surface area (Å²) in [4.78, 5) is 0. The fourth-order valence-electron chi connectivity index (χ4n) is 0.707. The van der Waals surface area contributed by atoms with E-state index in [0.29, 0.717) is 0 Å². The van der Waals surface area contributed by atoms with Gasteiger partial charge in [-0.25, -0.2) is 0 Å². The summed E-state index contributed by atoms with van der Waals surface area (Å²) in [6.07, 6.45) is 0. The normalized spacial score (nSPS) is 26.3. The molecule has 9 heavy (non-hydrogen) atoms. The first-order valence-electron chi connectivity index (χ1n) is 2.67. The van der Waals surface area contributed by atoms with Gasteiger partial charge in [0, 0.05) is 0 Å². The third kappa shape index (κ3) is 1.31. The minimum Gasteiger partial charge on any atom is -0.489 e. The summed E-state index contributed by atoms with van der Waals surface area (Å²) in [5, 5.41) is 3.90. The van der Waals surface area contributed by atoms with E-state index < -0.39 is 0 Å². The molecule has 0 aromatic heterocycles. The molecule has 0 spiro atoms. The Bertz CT molecular complexity index is 146. The lowest BCUT2D eigenvalue weighted by atomic mass is 10.5. The smallest absolute Gasteiger partial charge is 0.174 e. The van der Waals surface area contributed by atoms with Crippen LogP contribution in [0, 0.1) is 0 Å². The minimum absolute atomic E-state index is 0.0278. The largest absolute Gasteiger partial charge is 0.489 e. The van der Waals surface area contributed by atoms with Gasteiger partial charge in [-0.2, -0.15) is 0 Å². The van der Waals surface area contributed by atoms with Crippen LogP contribution in [0.5, 0.6) is 0 Å². The molecule has 1 unspecified atom stereocenters. The predicted molar refractivity (Wildman–Crippen MR) is 38.4 cm³/mol. The van der Waals surface area contributed by atoms with E-state index in [1.54, 1.807) is 7.11 Å². The van der Waals surface area contributed by atoms with Crippen molar-refractivity contribution in [1.82, 2.24) is 5.32 Å². The maximum atomic E-state index is 5.52. The van der Waals surface area contributed by atoms with Gasteiger partial charge in [0.15, 0.2) is 5.09 Å². The summed E-state index contributed by atoms with van der Waals surface area (Å²) in [6.45, 7) is 1.94. The van der Waals surface area contributed by atoms with Crippen LogP contribution in [0.1, 0.15) is 6.92 Å². The number of nitrogens with one attached hydrogen (secondary N) is 1. The van der Waals surface area contributed by atoms with Crippen molar-refractivity contribution >= 4 is 11.8 Å². The second kappa shape index (κ2) is 2.49. The van der Waals surface area contributed by atoms with Crippen LogP contribution >= 0.6 is 11.8 Å². The Morgan fingerprint density at radius 2 is 2.44 bits per heavy atom. The average molecular weight is 146 g/mol. The van der Waals surface area contributed by atoms with E-state index in [0.717, 1.165) is 10.8 Å². The lowest BCUT2D eigenvalue weighted by Crippen LogP contribution is -2.28. The third-order valence-corrected chi connectivity index (χ3v) is 2.14. The van der Waals surface area contributed by atoms with Gasteiger partial charge in [-0.1, -0.05) is 0 Å². The molecule has 3 nitrogen and oxygen atoms in total. The molecule has 3 N–H and O–H groups in total. The van der Waals surface area contributed by atoms with E-state index in [-0.39, 0.29) is 5.50 Å². The van der Waals surface area contributed by atoms with E-state index >= 15 is 0 Å². The molecule has 0 fully saturated rings. The van der Waals surface area contributed by atoms with Crippen LogP contribution in [0.25, 0.3) is 0 Å². The van der Waals surface area contributed by atoms with Crippen LogP contribution in [-0.4, -0.2) is 12.6 Å². The molecule has 1 heterocycles. The van der Waals surface area contributed by atoms with E-state index in [1.807, 2.05) is 6.92 Å². The van der Waals surface area contributed by atoms with Crippen LogP contribution in [0.15, 0.2) is 10.8 Å². The summed E-state index contributed by atoms with van der Waals surface area (Å²) >= 11 is 1.50. The van der Waals surface area contributed by atoms with Gasteiger partial charge in [0.1, 0.15) is 5.50 Å². The van der Waals surface area contributed by atoms with Crippen molar-refractivity contribution < 1.29 is 4.74 Å². The van der Waals surface area contributed by atoms with E-state index in [2.05, 4.69) is 5.32 Å². The predicted octanol–water partition coefficient (Wildman–Crippen LogP) is 0.401. The monoisotopic (exact) mass is 146 g/mol. The minimum atomic E-state index is -0.0278. The van der Waals surface area contributed by atoms with Crippen molar-refractivity contribution in [2.24, 2.45) is 5.73 Å². The first kappa shape index (κ1) is 6.77. The molecule has 0 saturated carbocycles. The lowest BCUT2D eigenvalue weighted by molar-refractivity contribution is 0.320. The van der Waals surface area contributed by atoms with Crippen molar-refractivity contribution in [3.8, 4) is 0 Å². The molecule has 1 rings (SSSR count). The molecule has 1 aliphatic heterocycles. The molecule has 0 aliphatic carbocycles. The highest BCUT2D eigenvalue weighted by atomic mass is 32.2. The summed E-state index contributed by atoms with van der Waals surface area (Å²) in [5.74, 6) is 0.